The Bertz CT molecular complexity index is 457. The first-order valence-corrected chi connectivity index (χ1v) is 5.93. The van der Waals surface area contributed by atoms with Crippen molar-refractivity contribution in [1.29, 1.82) is 0 Å². The third-order valence-corrected chi connectivity index (χ3v) is 3.36. The predicted octanol–water partition coefficient (Wildman–Crippen LogP) is 2.11. The molecule has 1 aliphatic heterocycles. The molecule has 0 spiro atoms. The fourth-order valence-electron chi connectivity index (χ4n) is 2.54. The van der Waals surface area contributed by atoms with Gasteiger partial charge in [-0.2, -0.15) is 0 Å². The molecule has 1 aliphatic rings. The van der Waals surface area contributed by atoms with Crippen molar-refractivity contribution in [3.8, 4) is 0 Å². The van der Waals surface area contributed by atoms with Gasteiger partial charge >= 0.3 is 0 Å². The number of aromatic amines is 1. The first kappa shape index (κ1) is 9.78. The third kappa shape index (κ3) is 1.50. The minimum Gasteiger partial charge on any atom is -0.339 e. The Kier molecular flexibility index (Phi) is 2.36. The van der Waals surface area contributed by atoms with Gasteiger partial charge in [-0.1, -0.05) is 6.92 Å². The number of likely N-dealkylation sites (tertiary alicyclic amines) is 1. The summed E-state index contributed by atoms with van der Waals surface area (Å²) in [5.41, 5.74) is 1.88. The monoisotopic (exact) mass is 216 g/mol. The molecule has 0 amide bonds. The number of fused-ring (bicyclic) bond motifs is 1. The normalized spacial score (nSPS) is 21.9. The van der Waals surface area contributed by atoms with Crippen molar-refractivity contribution >= 4 is 11.2 Å². The average molecular weight is 216 g/mol. The van der Waals surface area contributed by atoms with Crippen molar-refractivity contribution in [3.05, 3.63) is 24.2 Å². The van der Waals surface area contributed by atoms with Crippen molar-refractivity contribution in [3.63, 3.8) is 0 Å². The second-order valence-corrected chi connectivity index (χ2v) is 4.28. The Morgan fingerprint density at radius 2 is 2.50 bits per heavy atom. The zero-order valence-corrected chi connectivity index (χ0v) is 9.48. The highest BCUT2D eigenvalue weighted by molar-refractivity contribution is 5.70. The van der Waals surface area contributed by atoms with Gasteiger partial charge in [0.1, 0.15) is 5.82 Å². The van der Waals surface area contributed by atoms with E-state index in [4.69, 9.17) is 0 Å². The first-order valence-electron chi connectivity index (χ1n) is 5.93. The molecule has 1 fully saturated rings. The van der Waals surface area contributed by atoms with Gasteiger partial charge in [0.15, 0.2) is 5.65 Å². The van der Waals surface area contributed by atoms with E-state index in [1.54, 1.807) is 6.20 Å². The van der Waals surface area contributed by atoms with E-state index in [9.17, 15) is 0 Å². The van der Waals surface area contributed by atoms with Crippen LogP contribution >= 0.6 is 0 Å². The lowest BCUT2D eigenvalue weighted by Gasteiger charge is -2.20. The Morgan fingerprint density at radius 3 is 3.31 bits per heavy atom. The van der Waals surface area contributed by atoms with Gasteiger partial charge in [0, 0.05) is 6.20 Å². The summed E-state index contributed by atoms with van der Waals surface area (Å²) >= 11 is 0. The lowest BCUT2D eigenvalue weighted by atomic mass is 10.2. The van der Waals surface area contributed by atoms with Crippen LogP contribution in [0.5, 0.6) is 0 Å². The van der Waals surface area contributed by atoms with Crippen LogP contribution in [0.15, 0.2) is 18.3 Å². The Hall–Kier alpha value is -1.42. The van der Waals surface area contributed by atoms with Crippen molar-refractivity contribution in [2.24, 2.45) is 0 Å². The van der Waals surface area contributed by atoms with Crippen LogP contribution in [0.3, 0.4) is 0 Å². The average Bonchev–Trinajstić information content (AvgIpc) is 2.94. The van der Waals surface area contributed by atoms with Crippen molar-refractivity contribution in [2.75, 3.05) is 13.1 Å². The van der Waals surface area contributed by atoms with Crippen LogP contribution in [0.25, 0.3) is 11.2 Å². The summed E-state index contributed by atoms with van der Waals surface area (Å²) in [6, 6.07) is 4.43. The number of nitrogens with zero attached hydrogens (tertiary/aromatic N) is 3. The standard InChI is InChI=1S/C12H16N4/c1-2-16-8-4-6-10(16)12-14-9-5-3-7-13-11(9)15-12/h3,5,7,10H,2,4,6,8H2,1H3,(H,13,14,15). The lowest BCUT2D eigenvalue weighted by molar-refractivity contribution is 0.263. The van der Waals surface area contributed by atoms with Gasteiger partial charge in [-0.05, 0) is 38.1 Å². The third-order valence-electron chi connectivity index (χ3n) is 3.36. The predicted molar refractivity (Wildman–Crippen MR) is 63.1 cm³/mol. The molecule has 0 aromatic carbocycles. The molecule has 1 saturated heterocycles. The van der Waals surface area contributed by atoms with Crippen LogP contribution < -0.4 is 0 Å². The van der Waals surface area contributed by atoms with E-state index in [0.717, 1.165) is 23.5 Å². The maximum atomic E-state index is 4.58. The Labute approximate surface area is 94.7 Å². The Balaban J connectivity index is 1.99. The molecule has 1 unspecified atom stereocenters. The van der Waals surface area contributed by atoms with E-state index < -0.39 is 0 Å². The molecule has 4 heteroatoms. The lowest BCUT2D eigenvalue weighted by Crippen LogP contribution is -2.23. The summed E-state index contributed by atoms with van der Waals surface area (Å²) in [6.07, 6.45) is 4.26. The highest BCUT2D eigenvalue weighted by atomic mass is 15.2. The van der Waals surface area contributed by atoms with E-state index in [-0.39, 0.29) is 0 Å². The molecule has 4 nitrogen and oxygen atoms in total. The van der Waals surface area contributed by atoms with Crippen molar-refractivity contribution in [2.45, 2.75) is 25.8 Å². The van der Waals surface area contributed by atoms with Gasteiger partial charge in [0.25, 0.3) is 0 Å². The fraction of sp³-hybridized carbons (Fsp3) is 0.500. The summed E-state index contributed by atoms with van der Waals surface area (Å²) < 4.78 is 0. The molecule has 2 aromatic heterocycles. The molecule has 3 heterocycles. The van der Waals surface area contributed by atoms with Gasteiger partial charge in [-0.3, -0.25) is 4.90 Å². The van der Waals surface area contributed by atoms with Gasteiger partial charge in [-0.25, -0.2) is 9.97 Å². The number of rotatable bonds is 2. The molecular formula is C12H16N4. The number of aromatic nitrogens is 3. The highest BCUT2D eigenvalue weighted by Crippen LogP contribution is 2.30. The topological polar surface area (TPSA) is 44.8 Å². The minimum absolute atomic E-state index is 0.458. The highest BCUT2D eigenvalue weighted by Gasteiger charge is 2.27. The minimum atomic E-state index is 0.458. The molecule has 16 heavy (non-hydrogen) atoms. The quantitative estimate of drug-likeness (QED) is 0.836. The number of hydrogen-bond acceptors (Lipinski definition) is 3. The van der Waals surface area contributed by atoms with Crippen LogP contribution in [0.2, 0.25) is 0 Å². The van der Waals surface area contributed by atoms with Crippen LogP contribution in [-0.2, 0) is 0 Å². The number of imidazole rings is 1. The van der Waals surface area contributed by atoms with E-state index >= 15 is 0 Å². The number of nitrogens with one attached hydrogen (secondary N) is 1. The zero-order valence-electron chi connectivity index (χ0n) is 9.48. The van der Waals surface area contributed by atoms with E-state index in [1.807, 2.05) is 12.1 Å². The summed E-state index contributed by atoms with van der Waals surface area (Å²) in [5.74, 6) is 1.08. The van der Waals surface area contributed by atoms with E-state index in [1.165, 1.54) is 19.4 Å². The maximum Gasteiger partial charge on any atom is 0.177 e. The van der Waals surface area contributed by atoms with Crippen molar-refractivity contribution in [1.82, 2.24) is 19.9 Å². The molecule has 84 valence electrons. The molecule has 3 rings (SSSR count). The second-order valence-electron chi connectivity index (χ2n) is 4.28. The molecule has 0 radical (unpaired) electrons. The van der Waals surface area contributed by atoms with Gasteiger partial charge < -0.3 is 4.98 Å². The van der Waals surface area contributed by atoms with Crippen LogP contribution in [0.1, 0.15) is 31.6 Å². The number of H-pyrrole nitrogens is 1. The number of hydrogen-bond donors (Lipinski definition) is 1. The van der Waals surface area contributed by atoms with Gasteiger partial charge in [-0.15, -0.1) is 0 Å². The van der Waals surface area contributed by atoms with Crippen LogP contribution in [0.4, 0.5) is 0 Å². The molecule has 1 atom stereocenters. The summed E-state index contributed by atoms with van der Waals surface area (Å²) in [5, 5.41) is 0. The number of pyridine rings is 1. The maximum absolute atomic E-state index is 4.58. The van der Waals surface area contributed by atoms with Gasteiger partial charge in [0.2, 0.25) is 0 Å². The largest absolute Gasteiger partial charge is 0.339 e. The Morgan fingerprint density at radius 1 is 1.56 bits per heavy atom. The van der Waals surface area contributed by atoms with Gasteiger partial charge in [0.05, 0.1) is 11.6 Å². The molecule has 0 bridgehead atoms. The SMILES string of the molecule is CCN1CCCC1c1nc2ncccc2[nH]1. The summed E-state index contributed by atoms with van der Waals surface area (Å²) in [6.45, 7) is 4.49. The first-order chi connectivity index (χ1) is 7.88. The molecule has 1 N–H and O–H groups in total. The smallest absolute Gasteiger partial charge is 0.177 e. The molecule has 0 aliphatic carbocycles. The zero-order chi connectivity index (χ0) is 11.0. The van der Waals surface area contributed by atoms with E-state index in [0.29, 0.717) is 6.04 Å². The molecule has 0 saturated carbocycles. The summed E-state index contributed by atoms with van der Waals surface area (Å²) in [4.78, 5) is 14.7. The molecule has 2 aromatic rings. The molecular weight excluding hydrogens is 200 g/mol. The van der Waals surface area contributed by atoms with Crippen molar-refractivity contribution < 1.29 is 0 Å². The van der Waals surface area contributed by atoms with E-state index in [2.05, 4.69) is 26.8 Å². The summed E-state index contributed by atoms with van der Waals surface area (Å²) in [7, 11) is 0. The van der Waals surface area contributed by atoms with Crippen LogP contribution in [-0.4, -0.2) is 32.9 Å². The second kappa shape index (κ2) is 3.87. The fourth-order valence-corrected chi connectivity index (χ4v) is 2.54. The van der Waals surface area contributed by atoms with Crippen LogP contribution in [0, 0.1) is 0 Å².